The van der Waals surface area contributed by atoms with E-state index in [4.69, 9.17) is 0 Å². The molecular weight excluding hydrogens is 270 g/mol. The molecule has 0 saturated carbocycles. The van der Waals surface area contributed by atoms with Gasteiger partial charge in [-0.15, -0.1) is 0 Å². The van der Waals surface area contributed by atoms with Crippen molar-refractivity contribution in [1.82, 2.24) is 0 Å². The summed E-state index contributed by atoms with van der Waals surface area (Å²) in [6, 6.07) is 1.69. The minimum atomic E-state index is -0.112. The third-order valence-corrected chi connectivity index (χ3v) is 3.07. The maximum atomic E-state index is 11.4. The molecule has 3 nitrogen and oxygen atoms in total. The zero-order valence-corrected chi connectivity index (χ0v) is 11.1. The molecule has 0 aliphatic rings. The highest BCUT2D eigenvalue weighted by Gasteiger charge is 2.15. The number of hydrogen-bond acceptors (Lipinski definition) is 3. The average molecular weight is 284 g/mol. The van der Waals surface area contributed by atoms with Crippen LogP contribution in [0.3, 0.4) is 0 Å². The van der Waals surface area contributed by atoms with E-state index < -0.39 is 0 Å². The Hall–Kier alpha value is -1.16. The Bertz CT molecular complexity index is 453. The molecule has 1 aromatic rings. The van der Waals surface area contributed by atoms with Crippen LogP contribution in [0.2, 0.25) is 0 Å². The fraction of sp³-hybridized carbons (Fsp3) is 0.333. The minimum Gasteiger partial charge on any atom is -0.505 e. The van der Waals surface area contributed by atoms with Gasteiger partial charge in [-0.2, -0.15) is 0 Å². The molecule has 1 aromatic carbocycles. The Kier molecular flexibility index (Phi) is 4.24. The van der Waals surface area contributed by atoms with E-state index in [2.05, 4.69) is 20.9 Å². The summed E-state index contributed by atoms with van der Waals surface area (Å²) >= 11 is 3.30. The van der Waals surface area contributed by atoms with Gasteiger partial charge in [-0.1, -0.05) is 22.9 Å². The topological polar surface area (TPSA) is 49.7 Å². The van der Waals surface area contributed by atoms with Crippen LogP contribution < -0.4 is 0 Å². The molecule has 0 fully saturated rings. The second-order valence-electron chi connectivity index (χ2n) is 3.50. The molecule has 0 heterocycles. The van der Waals surface area contributed by atoms with E-state index in [0.29, 0.717) is 21.3 Å². The summed E-state index contributed by atoms with van der Waals surface area (Å²) in [6.45, 7) is 5.18. The summed E-state index contributed by atoms with van der Waals surface area (Å²) in [7, 11) is 0. The van der Waals surface area contributed by atoms with Crippen molar-refractivity contribution in [3.05, 3.63) is 21.7 Å². The lowest BCUT2D eigenvalue weighted by Gasteiger charge is -2.09. The van der Waals surface area contributed by atoms with Crippen LogP contribution in [-0.4, -0.2) is 17.1 Å². The van der Waals surface area contributed by atoms with Gasteiger partial charge >= 0.3 is 0 Å². The van der Waals surface area contributed by atoms with Crippen molar-refractivity contribution in [2.75, 3.05) is 0 Å². The van der Waals surface area contributed by atoms with Crippen LogP contribution in [0.15, 0.2) is 15.5 Å². The van der Waals surface area contributed by atoms with E-state index in [0.717, 1.165) is 6.42 Å². The quantitative estimate of drug-likeness (QED) is 0.678. The van der Waals surface area contributed by atoms with E-state index in [-0.39, 0.29) is 11.5 Å². The predicted octanol–water partition coefficient (Wildman–Crippen LogP) is 3.78. The van der Waals surface area contributed by atoms with Crippen LogP contribution in [0.5, 0.6) is 5.75 Å². The summed E-state index contributed by atoms with van der Waals surface area (Å²) in [4.78, 5) is 15.6. The summed E-state index contributed by atoms with van der Waals surface area (Å²) < 4.78 is 0.714. The van der Waals surface area contributed by atoms with Crippen LogP contribution in [0.1, 0.15) is 36.2 Å². The number of ketones is 1. The number of carbonyl (C=O) groups excluding carboxylic acids is 1. The lowest BCUT2D eigenvalue weighted by molar-refractivity contribution is 0.101. The van der Waals surface area contributed by atoms with Gasteiger partial charge in [0.15, 0.2) is 5.78 Å². The van der Waals surface area contributed by atoms with E-state index in [9.17, 15) is 9.90 Å². The Balaban J connectivity index is 3.47. The Morgan fingerprint density at radius 3 is 2.75 bits per heavy atom. The number of halogens is 1. The van der Waals surface area contributed by atoms with Crippen LogP contribution in [0, 0.1) is 6.92 Å². The minimum absolute atomic E-state index is 0.0595. The maximum Gasteiger partial charge on any atom is 0.162 e. The lowest BCUT2D eigenvalue weighted by atomic mass is 10.1. The zero-order valence-electron chi connectivity index (χ0n) is 9.54. The number of hydrogen-bond donors (Lipinski definition) is 1. The number of phenolic OH excluding ortho intramolecular Hbond substituents is 1. The number of nitrogens with zero attached hydrogens (tertiary/aromatic N) is 1. The highest BCUT2D eigenvalue weighted by atomic mass is 79.9. The summed E-state index contributed by atoms with van der Waals surface area (Å²) in [5.41, 5.74) is 1.47. The van der Waals surface area contributed by atoms with Crippen LogP contribution in [-0.2, 0) is 0 Å². The molecule has 86 valence electrons. The molecule has 1 N–H and O–H groups in total. The van der Waals surface area contributed by atoms with Crippen LogP contribution in [0.25, 0.3) is 0 Å². The molecule has 16 heavy (non-hydrogen) atoms. The molecule has 4 heteroatoms. The maximum absolute atomic E-state index is 11.4. The third-order valence-electron chi connectivity index (χ3n) is 2.25. The molecule has 0 radical (unpaired) electrons. The number of carbonyl (C=O) groups is 1. The standard InChI is InChI=1S/C12H14BrNO2/c1-4-5-14-11-9(8(3)15)6-10(13)7(2)12(11)16/h5-6,16H,4H2,1-3H3. The molecule has 0 amide bonds. The normalized spacial score (nSPS) is 11.0. The first-order valence-corrected chi connectivity index (χ1v) is 5.83. The molecule has 1 rings (SSSR count). The number of aliphatic imine (C=N–C) groups is 1. The molecule has 0 aliphatic heterocycles. The van der Waals surface area contributed by atoms with Gasteiger partial charge in [-0.05, 0) is 26.3 Å². The summed E-state index contributed by atoms with van der Waals surface area (Å²) in [6.07, 6.45) is 2.43. The van der Waals surface area contributed by atoms with Gasteiger partial charge in [-0.3, -0.25) is 9.79 Å². The van der Waals surface area contributed by atoms with Crippen molar-refractivity contribution in [2.24, 2.45) is 4.99 Å². The van der Waals surface area contributed by atoms with Gasteiger partial charge in [0.2, 0.25) is 0 Å². The van der Waals surface area contributed by atoms with Gasteiger partial charge in [0.25, 0.3) is 0 Å². The van der Waals surface area contributed by atoms with E-state index in [1.807, 2.05) is 6.92 Å². The summed E-state index contributed by atoms with van der Waals surface area (Å²) in [5, 5.41) is 9.94. The monoisotopic (exact) mass is 283 g/mol. The van der Waals surface area contributed by atoms with E-state index in [1.54, 1.807) is 19.2 Å². The van der Waals surface area contributed by atoms with Crippen molar-refractivity contribution < 1.29 is 9.90 Å². The molecule has 0 unspecified atom stereocenters. The van der Waals surface area contributed by atoms with Crippen molar-refractivity contribution in [2.45, 2.75) is 27.2 Å². The first-order valence-electron chi connectivity index (χ1n) is 5.04. The average Bonchev–Trinajstić information content (AvgIpc) is 2.24. The van der Waals surface area contributed by atoms with Gasteiger partial charge in [-0.25, -0.2) is 0 Å². The highest BCUT2D eigenvalue weighted by molar-refractivity contribution is 9.10. The largest absolute Gasteiger partial charge is 0.505 e. The number of aromatic hydroxyl groups is 1. The molecule has 0 aromatic heterocycles. The third kappa shape index (κ3) is 2.50. The van der Waals surface area contributed by atoms with Gasteiger partial charge < -0.3 is 5.11 Å². The number of phenols is 1. The highest BCUT2D eigenvalue weighted by Crippen LogP contribution is 2.38. The second kappa shape index (κ2) is 5.25. The van der Waals surface area contributed by atoms with Gasteiger partial charge in [0.1, 0.15) is 11.4 Å². The number of benzene rings is 1. The molecular formula is C12H14BrNO2. The van der Waals surface area contributed by atoms with E-state index >= 15 is 0 Å². The molecule has 0 spiro atoms. The number of Topliss-reactive ketones (excluding diaryl/α,β-unsaturated/α-hetero) is 1. The summed E-state index contributed by atoms with van der Waals surface area (Å²) in [5.74, 6) is -0.0523. The molecule has 0 aliphatic carbocycles. The van der Waals surface area contributed by atoms with Crippen molar-refractivity contribution in [3.63, 3.8) is 0 Å². The number of rotatable bonds is 3. The fourth-order valence-corrected chi connectivity index (χ4v) is 1.72. The lowest BCUT2D eigenvalue weighted by Crippen LogP contribution is -1.95. The van der Waals surface area contributed by atoms with Crippen LogP contribution >= 0.6 is 15.9 Å². The van der Waals surface area contributed by atoms with Crippen molar-refractivity contribution in [3.8, 4) is 5.75 Å². The first-order chi connectivity index (χ1) is 7.49. The predicted molar refractivity (Wildman–Crippen MR) is 69.0 cm³/mol. The second-order valence-corrected chi connectivity index (χ2v) is 4.36. The fourth-order valence-electron chi connectivity index (χ4n) is 1.30. The molecule has 0 bridgehead atoms. The van der Waals surface area contributed by atoms with Gasteiger partial charge in [0.05, 0.1) is 0 Å². The Labute approximate surface area is 103 Å². The van der Waals surface area contributed by atoms with Gasteiger partial charge in [0, 0.05) is 21.8 Å². The smallest absolute Gasteiger partial charge is 0.162 e. The van der Waals surface area contributed by atoms with Crippen LogP contribution in [0.4, 0.5) is 5.69 Å². The Morgan fingerprint density at radius 1 is 1.62 bits per heavy atom. The Morgan fingerprint density at radius 2 is 2.25 bits per heavy atom. The SMILES string of the molecule is CCC=Nc1c(C(C)=O)cc(Br)c(C)c1O. The molecule has 0 saturated heterocycles. The first kappa shape index (κ1) is 12.9. The van der Waals surface area contributed by atoms with Crippen molar-refractivity contribution in [1.29, 1.82) is 0 Å². The van der Waals surface area contributed by atoms with E-state index in [1.165, 1.54) is 6.92 Å². The van der Waals surface area contributed by atoms with Crippen molar-refractivity contribution >= 4 is 33.6 Å². The molecule has 0 atom stereocenters. The zero-order chi connectivity index (χ0) is 12.3.